The number of para-hydroxylation sites is 1. The predicted molar refractivity (Wildman–Crippen MR) is 132 cm³/mol. The third kappa shape index (κ3) is 4.69. The van der Waals surface area contributed by atoms with E-state index in [0.29, 0.717) is 5.75 Å². The molecule has 2 aromatic carbocycles. The summed E-state index contributed by atoms with van der Waals surface area (Å²) in [5.74, 6) is 1.50. The maximum absolute atomic E-state index is 12.6. The van der Waals surface area contributed by atoms with Gasteiger partial charge in [0.25, 0.3) is 5.91 Å². The van der Waals surface area contributed by atoms with Gasteiger partial charge in [-0.1, -0.05) is 12.1 Å². The highest BCUT2D eigenvalue weighted by atomic mass is 16.5. The fourth-order valence-electron chi connectivity index (χ4n) is 4.81. The van der Waals surface area contributed by atoms with Crippen LogP contribution in [0.4, 0.5) is 5.69 Å². The Morgan fingerprint density at radius 3 is 2.58 bits per heavy atom. The van der Waals surface area contributed by atoms with Crippen LogP contribution in [0.25, 0.3) is 22.4 Å². The SMILES string of the molecule is Cc1cc(N2CCN(C)CC2)cc2[nH]c(-c3ccccc3OCC(=O)N3CCCCC3)nc12. The summed E-state index contributed by atoms with van der Waals surface area (Å²) in [6, 6.07) is 12.3. The van der Waals surface area contributed by atoms with E-state index in [0.717, 1.165) is 80.1 Å². The minimum Gasteiger partial charge on any atom is -0.483 e. The Morgan fingerprint density at radius 1 is 1.03 bits per heavy atom. The number of aromatic nitrogens is 2. The number of piperidine rings is 1. The number of H-pyrrole nitrogens is 1. The lowest BCUT2D eigenvalue weighted by Crippen LogP contribution is -2.44. The zero-order chi connectivity index (χ0) is 22.8. The number of hydrogen-bond acceptors (Lipinski definition) is 5. The Labute approximate surface area is 195 Å². The first-order valence-corrected chi connectivity index (χ1v) is 12.0. The third-order valence-electron chi connectivity index (χ3n) is 6.83. The topological polar surface area (TPSA) is 64.7 Å². The summed E-state index contributed by atoms with van der Waals surface area (Å²) < 4.78 is 6.00. The molecule has 3 aromatic rings. The number of amides is 1. The quantitative estimate of drug-likeness (QED) is 0.646. The van der Waals surface area contributed by atoms with Gasteiger partial charge in [0.15, 0.2) is 6.61 Å². The van der Waals surface area contributed by atoms with Gasteiger partial charge in [-0.05, 0) is 63.1 Å². The Morgan fingerprint density at radius 2 is 1.79 bits per heavy atom. The van der Waals surface area contributed by atoms with Crippen molar-refractivity contribution in [2.24, 2.45) is 0 Å². The van der Waals surface area contributed by atoms with Crippen molar-refractivity contribution in [3.8, 4) is 17.1 Å². The monoisotopic (exact) mass is 447 g/mol. The molecule has 3 heterocycles. The van der Waals surface area contributed by atoms with E-state index in [9.17, 15) is 4.79 Å². The van der Waals surface area contributed by atoms with Crippen molar-refractivity contribution in [1.82, 2.24) is 19.8 Å². The Bertz CT molecular complexity index is 1130. The zero-order valence-electron chi connectivity index (χ0n) is 19.6. The number of ether oxygens (including phenoxy) is 1. The fourth-order valence-corrected chi connectivity index (χ4v) is 4.81. The number of benzene rings is 2. The van der Waals surface area contributed by atoms with Crippen LogP contribution >= 0.6 is 0 Å². The summed E-state index contributed by atoms with van der Waals surface area (Å²) >= 11 is 0. The first-order chi connectivity index (χ1) is 16.1. The first kappa shape index (κ1) is 21.8. The zero-order valence-corrected chi connectivity index (χ0v) is 19.6. The molecule has 2 fully saturated rings. The summed E-state index contributed by atoms with van der Waals surface area (Å²) in [5.41, 5.74) is 5.27. The summed E-state index contributed by atoms with van der Waals surface area (Å²) in [6.45, 7) is 8.06. The molecule has 7 nitrogen and oxygen atoms in total. The van der Waals surface area contributed by atoms with Crippen LogP contribution in [0.15, 0.2) is 36.4 Å². The Hall–Kier alpha value is -3.06. The number of aromatic amines is 1. The Balaban J connectivity index is 1.38. The minimum atomic E-state index is 0.0572. The van der Waals surface area contributed by atoms with Gasteiger partial charge in [-0.15, -0.1) is 0 Å². The maximum Gasteiger partial charge on any atom is 0.260 e. The smallest absolute Gasteiger partial charge is 0.260 e. The number of carbonyl (C=O) groups excluding carboxylic acids is 1. The largest absolute Gasteiger partial charge is 0.483 e. The van der Waals surface area contributed by atoms with Crippen molar-refractivity contribution in [2.45, 2.75) is 26.2 Å². The molecule has 1 aromatic heterocycles. The molecule has 0 atom stereocenters. The molecular formula is C26H33N5O2. The number of carbonyl (C=O) groups is 1. The van der Waals surface area contributed by atoms with Crippen molar-refractivity contribution in [3.63, 3.8) is 0 Å². The molecule has 174 valence electrons. The van der Waals surface area contributed by atoms with Crippen LogP contribution in [-0.2, 0) is 4.79 Å². The molecule has 0 bridgehead atoms. The highest BCUT2D eigenvalue weighted by molar-refractivity contribution is 5.86. The number of hydrogen-bond donors (Lipinski definition) is 1. The lowest BCUT2D eigenvalue weighted by Gasteiger charge is -2.34. The fraction of sp³-hybridized carbons (Fsp3) is 0.462. The number of likely N-dealkylation sites (N-methyl/N-ethyl adjacent to an activating group) is 1. The van der Waals surface area contributed by atoms with E-state index in [1.807, 2.05) is 29.2 Å². The molecule has 33 heavy (non-hydrogen) atoms. The van der Waals surface area contributed by atoms with Crippen molar-refractivity contribution in [1.29, 1.82) is 0 Å². The highest BCUT2D eigenvalue weighted by Gasteiger charge is 2.20. The molecule has 1 N–H and O–H groups in total. The summed E-state index contributed by atoms with van der Waals surface area (Å²) in [6.07, 6.45) is 3.36. The van der Waals surface area contributed by atoms with Gasteiger partial charge in [0, 0.05) is 45.0 Å². The van der Waals surface area contributed by atoms with Gasteiger partial charge in [-0.3, -0.25) is 4.79 Å². The van der Waals surface area contributed by atoms with E-state index >= 15 is 0 Å². The van der Waals surface area contributed by atoms with E-state index in [2.05, 4.69) is 40.9 Å². The van der Waals surface area contributed by atoms with E-state index in [1.165, 1.54) is 12.1 Å². The number of nitrogens with zero attached hydrogens (tertiary/aromatic N) is 4. The molecule has 1 amide bonds. The highest BCUT2D eigenvalue weighted by Crippen LogP contribution is 2.32. The van der Waals surface area contributed by atoms with Crippen LogP contribution in [0.1, 0.15) is 24.8 Å². The van der Waals surface area contributed by atoms with Crippen molar-refractivity contribution in [3.05, 3.63) is 42.0 Å². The van der Waals surface area contributed by atoms with Gasteiger partial charge in [-0.25, -0.2) is 4.98 Å². The van der Waals surface area contributed by atoms with E-state index < -0.39 is 0 Å². The van der Waals surface area contributed by atoms with Gasteiger partial charge >= 0.3 is 0 Å². The number of nitrogens with one attached hydrogen (secondary N) is 1. The van der Waals surface area contributed by atoms with Gasteiger partial charge in [0.2, 0.25) is 0 Å². The molecule has 0 radical (unpaired) electrons. The summed E-state index contributed by atoms with van der Waals surface area (Å²) in [5, 5.41) is 0. The Kier molecular flexibility index (Phi) is 6.22. The molecule has 0 saturated carbocycles. The van der Waals surface area contributed by atoms with Crippen LogP contribution < -0.4 is 9.64 Å². The number of likely N-dealkylation sites (tertiary alicyclic amines) is 1. The lowest BCUT2D eigenvalue weighted by molar-refractivity contribution is -0.134. The third-order valence-corrected chi connectivity index (χ3v) is 6.83. The molecule has 2 saturated heterocycles. The van der Waals surface area contributed by atoms with Crippen molar-refractivity contribution >= 4 is 22.6 Å². The van der Waals surface area contributed by atoms with Gasteiger partial charge in [0.1, 0.15) is 11.6 Å². The second-order valence-corrected chi connectivity index (χ2v) is 9.26. The normalized spacial score (nSPS) is 17.5. The molecule has 0 spiro atoms. The number of fused-ring (bicyclic) bond motifs is 1. The number of aryl methyl sites for hydroxylation is 1. The maximum atomic E-state index is 12.6. The molecule has 2 aliphatic rings. The predicted octanol–water partition coefficient (Wildman–Crippen LogP) is 3.68. The minimum absolute atomic E-state index is 0.0572. The van der Waals surface area contributed by atoms with Crippen LogP contribution in [-0.4, -0.2) is 78.6 Å². The molecule has 5 rings (SSSR count). The second kappa shape index (κ2) is 9.43. The van der Waals surface area contributed by atoms with Crippen molar-refractivity contribution < 1.29 is 9.53 Å². The van der Waals surface area contributed by atoms with Gasteiger partial charge in [-0.2, -0.15) is 0 Å². The summed E-state index contributed by atoms with van der Waals surface area (Å²) in [7, 11) is 2.17. The van der Waals surface area contributed by atoms with E-state index in [-0.39, 0.29) is 12.5 Å². The molecule has 0 aliphatic carbocycles. The van der Waals surface area contributed by atoms with Crippen LogP contribution in [0.3, 0.4) is 0 Å². The van der Waals surface area contributed by atoms with Gasteiger partial charge < -0.3 is 24.4 Å². The second-order valence-electron chi connectivity index (χ2n) is 9.26. The van der Waals surface area contributed by atoms with Crippen LogP contribution in [0.5, 0.6) is 5.75 Å². The lowest BCUT2D eigenvalue weighted by atomic mass is 10.1. The van der Waals surface area contributed by atoms with Crippen LogP contribution in [0, 0.1) is 6.92 Å². The van der Waals surface area contributed by atoms with Crippen molar-refractivity contribution in [2.75, 3.05) is 57.8 Å². The molecule has 0 unspecified atom stereocenters. The van der Waals surface area contributed by atoms with Crippen LogP contribution in [0.2, 0.25) is 0 Å². The number of imidazole rings is 1. The molecule has 7 heteroatoms. The average molecular weight is 448 g/mol. The number of piperazine rings is 1. The molecule has 2 aliphatic heterocycles. The number of rotatable bonds is 5. The summed E-state index contributed by atoms with van der Waals surface area (Å²) in [4.78, 5) is 27.7. The first-order valence-electron chi connectivity index (χ1n) is 12.0. The van der Waals surface area contributed by atoms with E-state index in [1.54, 1.807) is 0 Å². The standard InChI is InChI=1S/C26H33N5O2/c1-19-16-20(30-14-12-29(2)13-15-30)17-22-25(19)28-26(27-22)21-8-4-5-9-23(21)33-18-24(32)31-10-6-3-7-11-31/h4-5,8-9,16-17H,3,6-7,10-15,18H2,1-2H3,(H,27,28). The molecular weight excluding hydrogens is 414 g/mol. The average Bonchev–Trinajstić information content (AvgIpc) is 3.28. The number of anilines is 1. The van der Waals surface area contributed by atoms with Gasteiger partial charge in [0.05, 0.1) is 16.6 Å². The van der Waals surface area contributed by atoms with E-state index in [4.69, 9.17) is 9.72 Å².